The number of nitrogens with one attached hydrogen (secondary N) is 1. The van der Waals surface area contributed by atoms with E-state index in [9.17, 15) is 4.79 Å². The lowest BCUT2D eigenvalue weighted by molar-refractivity contribution is -0.0601. The van der Waals surface area contributed by atoms with E-state index < -0.39 is 5.91 Å². The second-order valence-corrected chi connectivity index (χ2v) is 4.76. The molecule has 0 radical (unpaired) electrons. The predicted molar refractivity (Wildman–Crippen MR) is 71.5 cm³/mol. The fourth-order valence-electron chi connectivity index (χ4n) is 2.20. The lowest BCUT2D eigenvalue weighted by Crippen LogP contribution is -2.45. The van der Waals surface area contributed by atoms with Crippen molar-refractivity contribution in [1.82, 2.24) is 0 Å². The van der Waals surface area contributed by atoms with Gasteiger partial charge in [0.1, 0.15) is 0 Å². The van der Waals surface area contributed by atoms with Gasteiger partial charge in [-0.25, -0.2) is 0 Å². The smallest absolute Gasteiger partial charge is 0.250 e. The molecule has 98 valence electrons. The van der Waals surface area contributed by atoms with E-state index in [0.29, 0.717) is 23.5 Å². The molecule has 5 N–H and O–H groups in total. The Balaban J connectivity index is 2.11. The monoisotopic (exact) mass is 249 g/mol. The molecule has 1 saturated carbocycles. The summed E-state index contributed by atoms with van der Waals surface area (Å²) in [5.74, 6) is -0.482. The third kappa shape index (κ3) is 2.41. The number of ether oxygens (including phenoxy) is 1. The maximum Gasteiger partial charge on any atom is 0.250 e. The standard InChI is InChI=1S/C13H19N3O2/c1-18-13(5-2-6-13)8-16-11-4-3-9(14)7-10(11)12(15)17/h3-4,7,16H,2,5-6,8,14H2,1H3,(H2,15,17). The summed E-state index contributed by atoms with van der Waals surface area (Å²) in [6.45, 7) is 0.674. The third-order valence-corrected chi connectivity index (χ3v) is 3.61. The number of nitrogen functional groups attached to an aromatic ring is 1. The molecule has 0 unspecified atom stereocenters. The third-order valence-electron chi connectivity index (χ3n) is 3.61. The first-order valence-corrected chi connectivity index (χ1v) is 6.05. The minimum absolute atomic E-state index is 0.101. The van der Waals surface area contributed by atoms with Crippen LogP contribution in [0.3, 0.4) is 0 Å². The summed E-state index contributed by atoms with van der Waals surface area (Å²) in [5.41, 5.74) is 12.5. The molecule has 0 aliphatic heterocycles. The van der Waals surface area contributed by atoms with Gasteiger partial charge in [0.05, 0.1) is 11.2 Å². The lowest BCUT2D eigenvalue weighted by Gasteiger charge is -2.40. The summed E-state index contributed by atoms with van der Waals surface area (Å²) in [5, 5.41) is 3.23. The molecule has 0 heterocycles. The Bertz CT molecular complexity index is 450. The summed E-state index contributed by atoms with van der Waals surface area (Å²) in [4.78, 5) is 11.3. The minimum atomic E-state index is -0.482. The molecule has 0 atom stereocenters. The number of carbonyl (C=O) groups is 1. The Kier molecular flexibility index (Phi) is 3.43. The number of nitrogens with two attached hydrogens (primary N) is 2. The number of carbonyl (C=O) groups excluding carboxylic acids is 1. The van der Waals surface area contributed by atoms with Crippen LogP contribution in [0.1, 0.15) is 29.6 Å². The highest BCUT2D eigenvalue weighted by atomic mass is 16.5. The number of amides is 1. The average Bonchev–Trinajstić information content (AvgIpc) is 2.29. The van der Waals surface area contributed by atoms with Gasteiger partial charge in [0.25, 0.3) is 5.91 Å². The summed E-state index contributed by atoms with van der Waals surface area (Å²) in [7, 11) is 1.72. The molecule has 1 fully saturated rings. The van der Waals surface area contributed by atoms with E-state index in [1.807, 2.05) is 0 Å². The first-order chi connectivity index (χ1) is 8.56. The Hall–Kier alpha value is -1.75. The van der Waals surface area contributed by atoms with Crippen LogP contribution in [0.5, 0.6) is 0 Å². The van der Waals surface area contributed by atoms with E-state index in [0.717, 1.165) is 12.8 Å². The quantitative estimate of drug-likeness (QED) is 0.687. The van der Waals surface area contributed by atoms with Gasteiger partial charge in [-0.15, -0.1) is 0 Å². The topological polar surface area (TPSA) is 90.4 Å². The van der Waals surface area contributed by atoms with E-state index in [-0.39, 0.29) is 5.60 Å². The normalized spacial score (nSPS) is 16.9. The Morgan fingerprint density at radius 2 is 2.22 bits per heavy atom. The van der Waals surface area contributed by atoms with Crippen LogP contribution in [0.15, 0.2) is 18.2 Å². The molecular formula is C13H19N3O2. The van der Waals surface area contributed by atoms with Crippen molar-refractivity contribution in [3.63, 3.8) is 0 Å². The van der Waals surface area contributed by atoms with Crippen molar-refractivity contribution in [2.75, 3.05) is 24.7 Å². The molecule has 1 amide bonds. The van der Waals surface area contributed by atoms with Crippen molar-refractivity contribution in [3.8, 4) is 0 Å². The van der Waals surface area contributed by atoms with E-state index in [2.05, 4.69) is 5.32 Å². The molecule has 5 nitrogen and oxygen atoms in total. The van der Waals surface area contributed by atoms with Gasteiger partial charge in [0, 0.05) is 25.0 Å². The molecule has 0 bridgehead atoms. The van der Waals surface area contributed by atoms with Crippen LogP contribution in [0.4, 0.5) is 11.4 Å². The zero-order valence-electron chi connectivity index (χ0n) is 10.5. The van der Waals surface area contributed by atoms with Crippen LogP contribution in [0.25, 0.3) is 0 Å². The Morgan fingerprint density at radius 1 is 1.50 bits per heavy atom. The molecule has 18 heavy (non-hydrogen) atoms. The first kappa shape index (κ1) is 12.7. The van der Waals surface area contributed by atoms with Crippen molar-refractivity contribution < 1.29 is 9.53 Å². The summed E-state index contributed by atoms with van der Waals surface area (Å²) >= 11 is 0. The molecule has 2 rings (SSSR count). The zero-order chi connectivity index (χ0) is 13.2. The molecule has 0 aromatic heterocycles. The highest BCUT2D eigenvalue weighted by Crippen LogP contribution is 2.35. The number of hydrogen-bond acceptors (Lipinski definition) is 4. The number of primary amides is 1. The minimum Gasteiger partial charge on any atom is -0.399 e. The number of anilines is 2. The Morgan fingerprint density at radius 3 is 2.72 bits per heavy atom. The van der Waals surface area contributed by atoms with E-state index in [1.165, 1.54) is 6.42 Å². The van der Waals surface area contributed by atoms with Gasteiger partial charge in [0.2, 0.25) is 0 Å². The van der Waals surface area contributed by atoms with Crippen molar-refractivity contribution in [1.29, 1.82) is 0 Å². The largest absolute Gasteiger partial charge is 0.399 e. The maximum atomic E-state index is 11.3. The van der Waals surface area contributed by atoms with E-state index >= 15 is 0 Å². The van der Waals surface area contributed by atoms with Gasteiger partial charge in [-0.2, -0.15) is 0 Å². The van der Waals surface area contributed by atoms with Crippen LogP contribution in [-0.4, -0.2) is 25.2 Å². The van der Waals surface area contributed by atoms with Crippen molar-refractivity contribution in [3.05, 3.63) is 23.8 Å². The van der Waals surface area contributed by atoms with Gasteiger partial charge >= 0.3 is 0 Å². The van der Waals surface area contributed by atoms with Crippen LogP contribution >= 0.6 is 0 Å². The molecule has 5 heteroatoms. The molecule has 1 aromatic rings. The Labute approximate surface area is 106 Å². The van der Waals surface area contributed by atoms with Crippen LogP contribution < -0.4 is 16.8 Å². The predicted octanol–water partition coefficient (Wildman–Crippen LogP) is 1.35. The molecule has 1 aromatic carbocycles. The van der Waals surface area contributed by atoms with Crippen LogP contribution in [0, 0.1) is 0 Å². The van der Waals surface area contributed by atoms with Crippen molar-refractivity contribution in [2.45, 2.75) is 24.9 Å². The summed E-state index contributed by atoms with van der Waals surface area (Å²) in [6, 6.07) is 5.11. The first-order valence-electron chi connectivity index (χ1n) is 6.05. The average molecular weight is 249 g/mol. The van der Waals surface area contributed by atoms with Gasteiger partial charge < -0.3 is 21.5 Å². The van der Waals surface area contributed by atoms with Gasteiger partial charge in [-0.05, 0) is 37.5 Å². The number of hydrogen-bond donors (Lipinski definition) is 3. The molecular weight excluding hydrogens is 230 g/mol. The molecule has 0 spiro atoms. The van der Waals surface area contributed by atoms with E-state index in [1.54, 1.807) is 25.3 Å². The number of benzene rings is 1. The van der Waals surface area contributed by atoms with Crippen molar-refractivity contribution in [2.24, 2.45) is 5.73 Å². The number of rotatable bonds is 5. The fraction of sp³-hybridized carbons (Fsp3) is 0.462. The van der Waals surface area contributed by atoms with Crippen LogP contribution in [0.2, 0.25) is 0 Å². The van der Waals surface area contributed by atoms with E-state index in [4.69, 9.17) is 16.2 Å². The number of methoxy groups -OCH3 is 1. The maximum absolute atomic E-state index is 11.3. The summed E-state index contributed by atoms with van der Waals surface area (Å²) in [6.07, 6.45) is 3.26. The zero-order valence-corrected chi connectivity index (χ0v) is 10.5. The highest BCUT2D eigenvalue weighted by Gasteiger charge is 2.36. The highest BCUT2D eigenvalue weighted by molar-refractivity contribution is 5.99. The molecule has 1 aliphatic rings. The summed E-state index contributed by atoms with van der Waals surface area (Å²) < 4.78 is 5.52. The fourth-order valence-corrected chi connectivity index (χ4v) is 2.20. The molecule has 0 saturated heterocycles. The second kappa shape index (κ2) is 4.86. The SMILES string of the molecule is COC1(CNc2ccc(N)cc2C(N)=O)CCC1. The van der Waals surface area contributed by atoms with Crippen LogP contribution in [-0.2, 0) is 4.74 Å². The van der Waals surface area contributed by atoms with Gasteiger partial charge in [-0.1, -0.05) is 0 Å². The lowest BCUT2D eigenvalue weighted by atomic mass is 9.80. The van der Waals surface area contributed by atoms with Gasteiger partial charge in [0.15, 0.2) is 0 Å². The second-order valence-electron chi connectivity index (χ2n) is 4.76. The molecule has 1 aliphatic carbocycles. The van der Waals surface area contributed by atoms with Crippen molar-refractivity contribution >= 4 is 17.3 Å². The van der Waals surface area contributed by atoms with Gasteiger partial charge in [-0.3, -0.25) is 4.79 Å².